The molecule has 1 aromatic heterocycles. The highest BCUT2D eigenvalue weighted by Crippen LogP contribution is 2.67. The van der Waals surface area contributed by atoms with Crippen molar-refractivity contribution < 1.29 is 56.8 Å². The first-order valence-corrected chi connectivity index (χ1v) is 17.3. The Labute approximate surface area is 294 Å². The zero-order chi connectivity index (χ0) is 37.5. The summed E-state index contributed by atoms with van der Waals surface area (Å²) < 4.78 is 42.3. The van der Waals surface area contributed by atoms with E-state index in [-0.39, 0.29) is 36.3 Å². The lowest BCUT2D eigenvalue weighted by atomic mass is 9.66. The minimum absolute atomic E-state index is 0.00610. The van der Waals surface area contributed by atoms with Gasteiger partial charge in [0.2, 0.25) is 11.2 Å². The van der Waals surface area contributed by atoms with Crippen LogP contribution < -0.4 is 10.4 Å². The van der Waals surface area contributed by atoms with Gasteiger partial charge < -0.3 is 32.8 Å². The Balaban J connectivity index is 1.42. The number of esters is 5. The summed E-state index contributed by atoms with van der Waals surface area (Å²) in [5.74, 6) is -3.19. The Morgan fingerprint density at radius 2 is 1.29 bits per heavy atom. The molecule has 4 heterocycles. The van der Waals surface area contributed by atoms with Crippen molar-refractivity contribution in [1.82, 2.24) is 0 Å². The summed E-state index contributed by atoms with van der Waals surface area (Å²) in [6.07, 6.45) is -1.74. The van der Waals surface area contributed by atoms with Gasteiger partial charge >= 0.3 is 35.5 Å². The number of carbonyl (C=O) groups excluding carboxylic acids is 5. The summed E-state index contributed by atoms with van der Waals surface area (Å²) in [6.45, 7) is 16.7. The molecule has 6 atom stereocenters. The summed E-state index contributed by atoms with van der Waals surface area (Å²) in [7, 11) is 0. The lowest BCUT2D eigenvalue weighted by molar-refractivity contribution is -0.217. The summed E-state index contributed by atoms with van der Waals surface area (Å²) in [6, 6.07) is 2.96. The van der Waals surface area contributed by atoms with E-state index in [1.807, 2.05) is 0 Å². The highest BCUT2D eigenvalue weighted by Gasteiger charge is 2.78. The van der Waals surface area contributed by atoms with Crippen LogP contribution in [0.25, 0.3) is 11.0 Å². The quantitative estimate of drug-likeness (QED) is 0.221. The van der Waals surface area contributed by atoms with Gasteiger partial charge in [0.05, 0.1) is 16.4 Å². The van der Waals surface area contributed by atoms with Crippen molar-refractivity contribution in [1.29, 1.82) is 0 Å². The summed E-state index contributed by atoms with van der Waals surface area (Å²) in [4.78, 5) is 80.4. The lowest BCUT2D eigenvalue weighted by Crippen LogP contribution is -2.58. The molecule has 5 aliphatic rings. The van der Waals surface area contributed by atoms with Gasteiger partial charge in [-0.15, -0.1) is 0 Å². The molecule has 0 spiro atoms. The molecule has 2 aromatic rings. The molecule has 4 bridgehead atoms. The molecule has 1 aromatic carbocycles. The standard InChI is InChI=1S/C38H44O13/c1-18-15-22(40)46-25-21(18)16-20(17-45-19(2)39)24-23(25)26(47-30(43)37-13-11-35(9,28(41)50-37)33(37,5)6)27(32(3,4)49-24)48-31(44)38-14-12-36(10,29(42)51-38)34(38,7)8/h15-16,26-27H,11-14,17H2,1-10H3/t26-,27-,35-,36-,37-,38-/m1/s1. The fraction of sp³-hybridized carbons (Fsp3) is 0.632. The average molecular weight is 709 g/mol. The normalized spacial score (nSPS) is 34.7. The average Bonchev–Trinajstić information content (AvgIpc) is 3.49. The van der Waals surface area contributed by atoms with Crippen molar-refractivity contribution in [3.8, 4) is 5.75 Å². The van der Waals surface area contributed by atoms with Gasteiger partial charge in [-0.05, 0) is 71.9 Å². The Bertz CT molecular complexity index is 2020. The first kappa shape index (κ1) is 35.0. The van der Waals surface area contributed by atoms with E-state index in [9.17, 15) is 28.8 Å². The van der Waals surface area contributed by atoms with Crippen molar-refractivity contribution >= 4 is 40.8 Å². The maximum atomic E-state index is 14.7. The predicted octanol–water partition coefficient (Wildman–Crippen LogP) is 5.08. The molecule has 4 fully saturated rings. The molecule has 274 valence electrons. The van der Waals surface area contributed by atoms with Crippen LogP contribution >= 0.6 is 0 Å². The monoisotopic (exact) mass is 708 g/mol. The number of hydrogen-bond donors (Lipinski definition) is 0. The van der Waals surface area contributed by atoms with Crippen LogP contribution in [0, 0.1) is 28.6 Å². The SMILES string of the molecule is CC(=O)OCc1cc2c(C)cc(=O)oc2c2c1OC(C)(C)[C@H](OC(=O)[C@@]13CC[C@](C)(C(=O)O1)C3(C)C)[C@@H]2OC(=O)[C@@]12CC[C@](C)(C(=O)O1)C2(C)C. The third kappa shape index (κ3) is 4.20. The molecule has 2 saturated carbocycles. The molecule has 3 aliphatic heterocycles. The smallest absolute Gasteiger partial charge is 0.351 e. The molecule has 13 nitrogen and oxygen atoms in total. The van der Waals surface area contributed by atoms with Crippen LogP contribution in [0.4, 0.5) is 0 Å². The second kappa shape index (κ2) is 10.3. The van der Waals surface area contributed by atoms with Crippen LogP contribution in [0.5, 0.6) is 5.75 Å². The van der Waals surface area contributed by atoms with Crippen LogP contribution in [-0.4, -0.2) is 52.8 Å². The Hall–Kier alpha value is -4.42. The van der Waals surface area contributed by atoms with Gasteiger partial charge in [-0.1, -0.05) is 27.7 Å². The fourth-order valence-corrected chi connectivity index (χ4v) is 9.17. The topological polar surface area (TPSA) is 171 Å². The van der Waals surface area contributed by atoms with Gasteiger partial charge in [-0.2, -0.15) is 0 Å². The molecule has 51 heavy (non-hydrogen) atoms. The maximum Gasteiger partial charge on any atom is 0.351 e. The molecule has 2 saturated heterocycles. The molecule has 7 rings (SSSR count). The van der Waals surface area contributed by atoms with E-state index in [4.69, 9.17) is 32.8 Å². The second-order valence-corrected chi connectivity index (χ2v) is 16.9. The largest absolute Gasteiger partial charge is 0.483 e. The first-order valence-electron chi connectivity index (χ1n) is 17.3. The second-order valence-electron chi connectivity index (χ2n) is 16.9. The zero-order valence-electron chi connectivity index (χ0n) is 30.7. The summed E-state index contributed by atoms with van der Waals surface area (Å²) in [5, 5.41) is 0.431. The lowest BCUT2D eigenvalue weighted by Gasteiger charge is -2.46. The number of aryl methyl sites for hydroxylation is 1. The molecule has 13 heteroatoms. The van der Waals surface area contributed by atoms with E-state index in [2.05, 4.69) is 0 Å². The van der Waals surface area contributed by atoms with Gasteiger partial charge in [0.25, 0.3) is 0 Å². The van der Waals surface area contributed by atoms with Crippen molar-refractivity contribution in [2.45, 2.75) is 131 Å². The van der Waals surface area contributed by atoms with Crippen LogP contribution in [-0.2, 0) is 54.3 Å². The molecule has 0 N–H and O–H groups in total. The third-order valence-corrected chi connectivity index (χ3v) is 13.6. The van der Waals surface area contributed by atoms with Gasteiger partial charge in [0, 0.05) is 34.8 Å². The zero-order valence-corrected chi connectivity index (χ0v) is 30.7. The van der Waals surface area contributed by atoms with E-state index in [0.717, 1.165) is 0 Å². The van der Waals surface area contributed by atoms with Crippen molar-refractivity contribution in [2.24, 2.45) is 21.7 Å². The molecule has 2 aliphatic carbocycles. The number of rotatable bonds is 6. The van der Waals surface area contributed by atoms with Crippen LogP contribution in [0.2, 0.25) is 0 Å². The summed E-state index contributed by atoms with van der Waals surface area (Å²) in [5.41, 5.74) is -8.33. The Morgan fingerprint density at radius 3 is 1.76 bits per heavy atom. The van der Waals surface area contributed by atoms with Crippen molar-refractivity contribution in [2.75, 3.05) is 0 Å². The first-order chi connectivity index (χ1) is 23.5. The number of carbonyl (C=O) groups is 5. The van der Waals surface area contributed by atoms with Gasteiger partial charge in [-0.25, -0.2) is 14.4 Å². The van der Waals surface area contributed by atoms with Gasteiger partial charge in [-0.3, -0.25) is 14.4 Å². The number of fused-ring (bicyclic) bond motifs is 7. The third-order valence-electron chi connectivity index (χ3n) is 13.6. The van der Waals surface area contributed by atoms with Crippen molar-refractivity contribution in [3.63, 3.8) is 0 Å². The molecule has 0 unspecified atom stereocenters. The van der Waals surface area contributed by atoms with E-state index in [1.54, 1.807) is 68.4 Å². The van der Waals surface area contributed by atoms with Crippen LogP contribution in [0.15, 0.2) is 21.3 Å². The molecule has 0 amide bonds. The van der Waals surface area contributed by atoms with Gasteiger partial charge in [0.15, 0.2) is 12.2 Å². The minimum Gasteiger partial charge on any atom is -0.483 e. The Morgan fingerprint density at radius 1 is 0.765 bits per heavy atom. The highest BCUT2D eigenvalue weighted by atomic mass is 16.7. The molecular formula is C38H44O13. The number of hydrogen-bond acceptors (Lipinski definition) is 13. The minimum atomic E-state index is -1.67. The number of ether oxygens (including phenoxy) is 6. The van der Waals surface area contributed by atoms with E-state index < -0.39 is 86.1 Å². The van der Waals surface area contributed by atoms with Gasteiger partial charge in [0.1, 0.15) is 23.5 Å². The maximum absolute atomic E-state index is 14.7. The predicted molar refractivity (Wildman–Crippen MR) is 176 cm³/mol. The fourth-order valence-electron chi connectivity index (χ4n) is 9.17. The Kier molecular flexibility index (Phi) is 7.10. The van der Waals surface area contributed by atoms with E-state index >= 15 is 0 Å². The van der Waals surface area contributed by atoms with E-state index in [0.29, 0.717) is 29.4 Å². The van der Waals surface area contributed by atoms with Crippen molar-refractivity contribution in [3.05, 3.63) is 39.2 Å². The molecule has 0 radical (unpaired) electrons. The molecular weight excluding hydrogens is 664 g/mol. The van der Waals surface area contributed by atoms with Crippen LogP contribution in [0.1, 0.15) is 111 Å². The van der Waals surface area contributed by atoms with E-state index in [1.165, 1.54) is 13.0 Å². The van der Waals surface area contributed by atoms with Crippen LogP contribution in [0.3, 0.4) is 0 Å². The number of benzene rings is 1. The highest BCUT2D eigenvalue weighted by molar-refractivity contribution is 5.95. The summed E-state index contributed by atoms with van der Waals surface area (Å²) >= 11 is 0.